The average Bonchev–Trinajstić information content (AvgIpc) is 2.34. The molecule has 19 heavy (non-hydrogen) atoms. The number of carboxylic acid groups (broad SMARTS) is 1. The van der Waals surface area contributed by atoms with Crippen molar-refractivity contribution in [1.82, 2.24) is 4.90 Å². The maximum Gasteiger partial charge on any atom is 0.335 e. The van der Waals surface area contributed by atoms with Crippen LogP contribution in [0.15, 0.2) is 18.2 Å². The van der Waals surface area contributed by atoms with Gasteiger partial charge in [0.15, 0.2) is 0 Å². The van der Waals surface area contributed by atoms with E-state index in [1.165, 1.54) is 18.2 Å². The van der Waals surface area contributed by atoms with Crippen LogP contribution < -0.4 is 0 Å². The van der Waals surface area contributed by atoms with Crippen molar-refractivity contribution in [2.45, 2.75) is 39.3 Å². The third kappa shape index (κ3) is 3.32. The topological polar surface area (TPSA) is 40.5 Å². The fourth-order valence-corrected chi connectivity index (χ4v) is 2.74. The molecular formula is C15H20FNO2. The van der Waals surface area contributed by atoms with E-state index < -0.39 is 5.97 Å². The first-order valence-corrected chi connectivity index (χ1v) is 6.73. The van der Waals surface area contributed by atoms with Gasteiger partial charge in [-0.15, -0.1) is 0 Å². The minimum absolute atomic E-state index is 0.148. The molecule has 1 aliphatic heterocycles. The molecule has 3 nitrogen and oxygen atoms in total. The van der Waals surface area contributed by atoms with Gasteiger partial charge in [0, 0.05) is 18.2 Å². The summed E-state index contributed by atoms with van der Waals surface area (Å²) in [6.45, 7) is 5.81. The van der Waals surface area contributed by atoms with Crippen molar-refractivity contribution in [3.8, 4) is 0 Å². The predicted molar refractivity (Wildman–Crippen MR) is 71.6 cm³/mol. The lowest BCUT2D eigenvalue weighted by Gasteiger charge is -2.36. The summed E-state index contributed by atoms with van der Waals surface area (Å²) >= 11 is 0. The number of nitrogens with zero attached hydrogens (tertiary/aromatic N) is 1. The van der Waals surface area contributed by atoms with E-state index in [2.05, 4.69) is 18.7 Å². The van der Waals surface area contributed by atoms with Crippen molar-refractivity contribution in [3.63, 3.8) is 0 Å². The van der Waals surface area contributed by atoms with Crippen LogP contribution in [0, 0.1) is 11.7 Å². The van der Waals surface area contributed by atoms with E-state index in [0.29, 0.717) is 24.1 Å². The van der Waals surface area contributed by atoms with Crippen LogP contribution in [0.4, 0.5) is 4.39 Å². The van der Waals surface area contributed by atoms with Crippen LogP contribution in [-0.4, -0.2) is 28.6 Å². The number of rotatable bonds is 3. The number of aromatic carboxylic acids is 1. The molecule has 1 aromatic carbocycles. The molecule has 0 spiro atoms. The molecule has 1 N–H and O–H groups in total. The Balaban J connectivity index is 2.14. The Hall–Kier alpha value is -1.42. The summed E-state index contributed by atoms with van der Waals surface area (Å²) in [5.74, 6) is -0.626. The van der Waals surface area contributed by atoms with Gasteiger partial charge in [-0.3, -0.25) is 4.90 Å². The fourth-order valence-electron chi connectivity index (χ4n) is 2.74. The maximum absolute atomic E-state index is 13.8. The first kappa shape index (κ1) is 14.0. The predicted octanol–water partition coefficient (Wildman–Crippen LogP) is 3.14. The largest absolute Gasteiger partial charge is 0.478 e. The van der Waals surface area contributed by atoms with Crippen LogP contribution in [0.2, 0.25) is 0 Å². The lowest BCUT2D eigenvalue weighted by atomic mass is 9.93. The second-order valence-electron chi connectivity index (χ2n) is 5.56. The Bertz CT molecular complexity index is 475. The van der Waals surface area contributed by atoms with Gasteiger partial charge in [0.2, 0.25) is 0 Å². The van der Waals surface area contributed by atoms with E-state index in [4.69, 9.17) is 5.11 Å². The molecule has 1 saturated heterocycles. The SMILES string of the molecule is CC1CCN(Cc2cc(C(=O)O)ccc2F)C(C)C1. The van der Waals surface area contributed by atoms with E-state index in [1.54, 1.807) is 0 Å². The highest BCUT2D eigenvalue weighted by Crippen LogP contribution is 2.24. The van der Waals surface area contributed by atoms with Gasteiger partial charge in [0.05, 0.1) is 5.56 Å². The number of carboxylic acids is 1. The van der Waals surface area contributed by atoms with Crippen LogP contribution in [0.25, 0.3) is 0 Å². The molecule has 1 aromatic rings. The number of halogens is 1. The number of hydrogen-bond acceptors (Lipinski definition) is 2. The standard InChI is InChI=1S/C15H20FNO2/c1-10-5-6-17(11(2)7-10)9-13-8-12(15(18)19)3-4-14(13)16/h3-4,8,10-11H,5-7,9H2,1-2H3,(H,18,19). The molecule has 0 bridgehead atoms. The Kier molecular flexibility index (Phi) is 4.20. The van der Waals surface area contributed by atoms with Crippen LogP contribution in [0.1, 0.15) is 42.6 Å². The zero-order valence-corrected chi connectivity index (χ0v) is 11.4. The molecule has 1 aliphatic rings. The van der Waals surface area contributed by atoms with E-state index in [1.807, 2.05) is 0 Å². The lowest BCUT2D eigenvalue weighted by molar-refractivity contribution is 0.0696. The molecule has 0 amide bonds. The molecule has 2 unspecified atom stereocenters. The monoisotopic (exact) mass is 265 g/mol. The molecule has 2 rings (SSSR count). The van der Waals surface area contributed by atoms with E-state index >= 15 is 0 Å². The van der Waals surface area contributed by atoms with Crippen LogP contribution in [-0.2, 0) is 6.54 Å². The van der Waals surface area contributed by atoms with Crippen LogP contribution in [0.3, 0.4) is 0 Å². The minimum Gasteiger partial charge on any atom is -0.478 e. The number of carbonyl (C=O) groups is 1. The highest BCUT2D eigenvalue weighted by Gasteiger charge is 2.23. The van der Waals surface area contributed by atoms with Gasteiger partial charge >= 0.3 is 5.97 Å². The summed E-state index contributed by atoms with van der Waals surface area (Å²) in [4.78, 5) is 13.2. The molecule has 1 heterocycles. The van der Waals surface area contributed by atoms with Crippen molar-refractivity contribution in [2.24, 2.45) is 5.92 Å². The molecule has 0 aromatic heterocycles. The molecule has 2 atom stereocenters. The Morgan fingerprint density at radius 2 is 2.21 bits per heavy atom. The summed E-state index contributed by atoms with van der Waals surface area (Å²) < 4.78 is 13.8. The van der Waals surface area contributed by atoms with E-state index in [0.717, 1.165) is 19.4 Å². The van der Waals surface area contributed by atoms with Crippen LogP contribution in [0.5, 0.6) is 0 Å². The fraction of sp³-hybridized carbons (Fsp3) is 0.533. The quantitative estimate of drug-likeness (QED) is 0.912. The third-order valence-corrected chi connectivity index (χ3v) is 3.94. The summed E-state index contributed by atoms with van der Waals surface area (Å²) in [5.41, 5.74) is 0.621. The first-order chi connectivity index (χ1) is 8.97. The second kappa shape index (κ2) is 5.70. The smallest absolute Gasteiger partial charge is 0.335 e. The highest BCUT2D eigenvalue weighted by molar-refractivity contribution is 5.87. The normalized spacial score (nSPS) is 24.4. The molecule has 4 heteroatoms. The lowest BCUT2D eigenvalue weighted by Crippen LogP contribution is -2.39. The first-order valence-electron chi connectivity index (χ1n) is 6.73. The van der Waals surface area contributed by atoms with Gasteiger partial charge in [-0.25, -0.2) is 9.18 Å². The Morgan fingerprint density at radius 3 is 2.84 bits per heavy atom. The zero-order chi connectivity index (χ0) is 14.0. The maximum atomic E-state index is 13.8. The number of benzene rings is 1. The zero-order valence-electron chi connectivity index (χ0n) is 11.4. The van der Waals surface area contributed by atoms with Crippen molar-refractivity contribution in [2.75, 3.05) is 6.54 Å². The number of piperidine rings is 1. The van der Waals surface area contributed by atoms with Crippen molar-refractivity contribution >= 4 is 5.97 Å². The number of likely N-dealkylation sites (tertiary alicyclic amines) is 1. The average molecular weight is 265 g/mol. The summed E-state index contributed by atoms with van der Waals surface area (Å²) in [7, 11) is 0. The summed E-state index contributed by atoms with van der Waals surface area (Å²) in [6, 6.07) is 4.41. The van der Waals surface area contributed by atoms with Gasteiger partial charge in [0.25, 0.3) is 0 Å². The molecule has 1 fully saturated rings. The minimum atomic E-state index is -1.01. The van der Waals surface area contributed by atoms with E-state index in [-0.39, 0.29) is 11.4 Å². The molecule has 0 aliphatic carbocycles. The summed E-state index contributed by atoms with van der Waals surface area (Å²) in [6.07, 6.45) is 2.23. The molecular weight excluding hydrogens is 245 g/mol. The van der Waals surface area contributed by atoms with Gasteiger partial charge in [-0.05, 0) is 50.4 Å². The Labute approximate surface area is 113 Å². The van der Waals surface area contributed by atoms with Gasteiger partial charge in [-0.1, -0.05) is 6.92 Å². The van der Waals surface area contributed by atoms with Crippen molar-refractivity contribution in [3.05, 3.63) is 35.1 Å². The van der Waals surface area contributed by atoms with Crippen molar-refractivity contribution in [1.29, 1.82) is 0 Å². The van der Waals surface area contributed by atoms with Crippen LogP contribution >= 0.6 is 0 Å². The molecule has 104 valence electrons. The Morgan fingerprint density at radius 1 is 1.47 bits per heavy atom. The summed E-state index contributed by atoms with van der Waals surface area (Å²) in [5, 5.41) is 8.96. The molecule has 0 saturated carbocycles. The van der Waals surface area contributed by atoms with Gasteiger partial charge in [0.1, 0.15) is 5.82 Å². The van der Waals surface area contributed by atoms with Gasteiger partial charge < -0.3 is 5.11 Å². The highest BCUT2D eigenvalue weighted by atomic mass is 19.1. The molecule has 0 radical (unpaired) electrons. The third-order valence-electron chi connectivity index (χ3n) is 3.94. The second-order valence-corrected chi connectivity index (χ2v) is 5.56. The van der Waals surface area contributed by atoms with E-state index in [9.17, 15) is 9.18 Å². The number of hydrogen-bond donors (Lipinski definition) is 1. The van der Waals surface area contributed by atoms with Gasteiger partial charge in [-0.2, -0.15) is 0 Å². The van der Waals surface area contributed by atoms with Crippen molar-refractivity contribution < 1.29 is 14.3 Å².